The van der Waals surface area contributed by atoms with Crippen molar-refractivity contribution in [1.29, 1.82) is 0 Å². The Kier molecular flexibility index (Phi) is 3.28. The number of hydrogen-bond acceptors (Lipinski definition) is 2. The summed E-state index contributed by atoms with van der Waals surface area (Å²) in [5, 5.41) is 2.83. The van der Waals surface area contributed by atoms with Crippen LogP contribution >= 0.6 is 0 Å². The number of nitrogens with zero attached hydrogens (tertiary/aromatic N) is 1. The summed E-state index contributed by atoms with van der Waals surface area (Å²) in [5.74, 6) is 0.0745. The zero-order valence-electron chi connectivity index (χ0n) is 8.17. The summed E-state index contributed by atoms with van der Waals surface area (Å²) >= 11 is 0. The zero-order valence-corrected chi connectivity index (χ0v) is 8.17. The Bertz CT molecular complexity index is 216. The van der Waals surface area contributed by atoms with E-state index in [1.54, 1.807) is 11.8 Å². The van der Waals surface area contributed by atoms with Crippen LogP contribution in [-0.4, -0.2) is 35.8 Å². The summed E-state index contributed by atoms with van der Waals surface area (Å²) < 4.78 is 0. The summed E-state index contributed by atoms with van der Waals surface area (Å²) in [4.78, 5) is 23.6. The third kappa shape index (κ3) is 3.05. The number of hydrogen-bond donors (Lipinski definition) is 1. The second-order valence-electron chi connectivity index (χ2n) is 3.50. The minimum Gasteiger partial charge on any atom is -0.352 e. The fourth-order valence-electron chi connectivity index (χ4n) is 1.67. The van der Waals surface area contributed by atoms with Gasteiger partial charge in [-0.25, -0.2) is 0 Å². The van der Waals surface area contributed by atoms with Crippen LogP contribution in [0.2, 0.25) is 0 Å². The largest absolute Gasteiger partial charge is 0.352 e. The highest BCUT2D eigenvalue weighted by Crippen LogP contribution is 2.09. The Morgan fingerprint density at radius 2 is 2.08 bits per heavy atom. The summed E-state index contributed by atoms with van der Waals surface area (Å²) in [5.41, 5.74) is 0. The van der Waals surface area contributed by atoms with Crippen LogP contribution in [0.5, 0.6) is 0 Å². The highest BCUT2D eigenvalue weighted by Gasteiger charge is 2.21. The molecule has 1 heterocycles. The van der Waals surface area contributed by atoms with Crippen LogP contribution in [0, 0.1) is 0 Å². The molecule has 1 N–H and O–H groups in total. The molecule has 1 aliphatic heterocycles. The molecule has 0 aromatic rings. The van der Waals surface area contributed by atoms with Gasteiger partial charge < -0.3 is 10.2 Å². The van der Waals surface area contributed by atoms with Crippen LogP contribution < -0.4 is 5.32 Å². The van der Waals surface area contributed by atoms with Gasteiger partial charge in [-0.3, -0.25) is 9.59 Å². The molecule has 1 aliphatic rings. The molecule has 1 fully saturated rings. The second kappa shape index (κ2) is 4.25. The molecule has 1 saturated heterocycles. The smallest absolute Gasteiger partial charge is 0.219 e. The van der Waals surface area contributed by atoms with Gasteiger partial charge in [-0.05, 0) is 12.8 Å². The van der Waals surface area contributed by atoms with Crippen LogP contribution in [0.1, 0.15) is 26.7 Å². The topological polar surface area (TPSA) is 49.4 Å². The molecule has 0 spiro atoms. The van der Waals surface area contributed by atoms with Gasteiger partial charge >= 0.3 is 0 Å². The van der Waals surface area contributed by atoms with Gasteiger partial charge in [0.1, 0.15) is 0 Å². The summed E-state index contributed by atoms with van der Waals surface area (Å²) in [7, 11) is 0. The van der Waals surface area contributed by atoms with E-state index >= 15 is 0 Å². The van der Waals surface area contributed by atoms with Gasteiger partial charge in [0.15, 0.2) is 0 Å². The lowest BCUT2D eigenvalue weighted by Crippen LogP contribution is -2.48. The predicted molar refractivity (Wildman–Crippen MR) is 49.1 cm³/mol. The van der Waals surface area contributed by atoms with Crippen molar-refractivity contribution in [2.75, 3.05) is 13.1 Å². The van der Waals surface area contributed by atoms with Crippen molar-refractivity contribution in [2.24, 2.45) is 0 Å². The first kappa shape index (κ1) is 10.0. The lowest BCUT2D eigenvalue weighted by atomic mass is 10.1. The van der Waals surface area contributed by atoms with Gasteiger partial charge in [0.2, 0.25) is 11.8 Å². The van der Waals surface area contributed by atoms with E-state index in [4.69, 9.17) is 0 Å². The standard InChI is InChI=1S/C9H16N2O2/c1-7(12)10-9-4-3-5-11(6-9)8(2)13/h9H,3-6H2,1-2H3,(H,10,12)/t9-/m0/s1. The molecule has 4 heteroatoms. The van der Waals surface area contributed by atoms with Crippen LogP contribution in [-0.2, 0) is 9.59 Å². The van der Waals surface area contributed by atoms with E-state index in [0.29, 0.717) is 6.54 Å². The van der Waals surface area contributed by atoms with Gasteiger partial charge in [-0.2, -0.15) is 0 Å². The van der Waals surface area contributed by atoms with E-state index in [1.807, 2.05) is 0 Å². The van der Waals surface area contributed by atoms with E-state index in [9.17, 15) is 9.59 Å². The Balaban J connectivity index is 2.41. The third-order valence-corrected chi connectivity index (χ3v) is 2.27. The van der Waals surface area contributed by atoms with E-state index in [-0.39, 0.29) is 17.9 Å². The molecule has 1 rings (SSSR count). The molecule has 0 aromatic carbocycles. The first-order valence-corrected chi connectivity index (χ1v) is 4.62. The van der Waals surface area contributed by atoms with E-state index < -0.39 is 0 Å². The minimum atomic E-state index is -0.0181. The van der Waals surface area contributed by atoms with Crippen LogP contribution in [0.15, 0.2) is 0 Å². The van der Waals surface area contributed by atoms with E-state index in [1.165, 1.54) is 6.92 Å². The van der Waals surface area contributed by atoms with Gasteiger partial charge in [0, 0.05) is 33.0 Å². The van der Waals surface area contributed by atoms with Crippen LogP contribution in [0.4, 0.5) is 0 Å². The van der Waals surface area contributed by atoms with Crippen molar-refractivity contribution < 1.29 is 9.59 Å². The Morgan fingerprint density at radius 3 is 2.62 bits per heavy atom. The molecule has 0 saturated carbocycles. The minimum absolute atomic E-state index is 0.0181. The maximum atomic E-state index is 11.0. The van der Waals surface area contributed by atoms with Crippen molar-refractivity contribution in [3.8, 4) is 0 Å². The lowest BCUT2D eigenvalue weighted by Gasteiger charge is -2.32. The first-order chi connectivity index (χ1) is 6.09. The highest BCUT2D eigenvalue weighted by molar-refractivity contribution is 5.74. The van der Waals surface area contributed by atoms with Crippen molar-refractivity contribution in [1.82, 2.24) is 10.2 Å². The number of likely N-dealkylation sites (tertiary alicyclic amines) is 1. The molecule has 0 unspecified atom stereocenters. The Labute approximate surface area is 78.3 Å². The van der Waals surface area contributed by atoms with Gasteiger partial charge in [0.05, 0.1) is 0 Å². The van der Waals surface area contributed by atoms with Gasteiger partial charge in [-0.15, -0.1) is 0 Å². The molecule has 0 aromatic heterocycles. The van der Waals surface area contributed by atoms with Crippen molar-refractivity contribution in [2.45, 2.75) is 32.7 Å². The Morgan fingerprint density at radius 1 is 1.38 bits per heavy atom. The highest BCUT2D eigenvalue weighted by atomic mass is 16.2. The number of rotatable bonds is 1. The summed E-state index contributed by atoms with van der Waals surface area (Å²) in [6.45, 7) is 4.56. The van der Waals surface area contributed by atoms with Gasteiger partial charge in [0.25, 0.3) is 0 Å². The SMILES string of the molecule is CC(=O)N[C@H]1CCCN(C(C)=O)C1. The third-order valence-electron chi connectivity index (χ3n) is 2.27. The number of nitrogens with one attached hydrogen (secondary N) is 1. The first-order valence-electron chi connectivity index (χ1n) is 4.62. The quantitative estimate of drug-likeness (QED) is 0.630. The predicted octanol–water partition coefficient (Wildman–Crippen LogP) is 0.133. The van der Waals surface area contributed by atoms with Gasteiger partial charge in [-0.1, -0.05) is 0 Å². The monoisotopic (exact) mass is 184 g/mol. The number of carbonyl (C=O) groups is 2. The number of piperidine rings is 1. The normalized spacial score (nSPS) is 22.6. The molecule has 13 heavy (non-hydrogen) atoms. The average molecular weight is 184 g/mol. The molecule has 0 bridgehead atoms. The van der Waals surface area contributed by atoms with E-state index in [0.717, 1.165) is 19.4 Å². The zero-order chi connectivity index (χ0) is 9.84. The lowest BCUT2D eigenvalue weighted by molar-refractivity contribution is -0.131. The molecule has 0 radical (unpaired) electrons. The molecular weight excluding hydrogens is 168 g/mol. The maximum absolute atomic E-state index is 11.0. The number of amides is 2. The molecule has 1 atom stereocenters. The maximum Gasteiger partial charge on any atom is 0.219 e. The molecule has 4 nitrogen and oxygen atoms in total. The molecule has 74 valence electrons. The summed E-state index contributed by atoms with van der Waals surface area (Å²) in [6, 6.07) is 0.148. The van der Waals surface area contributed by atoms with Crippen molar-refractivity contribution in [3.63, 3.8) is 0 Å². The molecule has 0 aliphatic carbocycles. The van der Waals surface area contributed by atoms with Crippen LogP contribution in [0.3, 0.4) is 0 Å². The summed E-state index contributed by atoms with van der Waals surface area (Å²) in [6.07, 6.45) is 1.95. The van der Waals surface area contributed by atoms with E-state index in [2.05, 4.69) is 5.32 Å². The van der Waals surface area contributed by atoms with Crippen LogP contribution in [0.25, 0.3) is 0 Å². The van der Waals surface area contributed by atoms with Crippen molar-refractivity contribution in [3.05, 3.63) is 0 Å². The fraction of sp³-hybridized carbons (Fsp3) is 0.778. The average Bonchev–Trinajstić information content (AvgIpc) is 2.03. The molecule has 2 amide bonds. The second-order valence-corrected chi connectivity index (χ2v) is 3.50. The molecular formula is C9H16N2O2. The Hall–Kier alpha value is -1.06. The fourth-order valence-corrected chi connectivity index (χ4v) is 1.67. The number of carbonyl (C=O) groups excluding carboxylic acids is 2. The van der Waals surface area contributed by atoms with Crippen molar-refractivity contribution >= 4 is 11.8 Å².